The predicted molar refractivity (Wildman–Crippen MR) is 72.7 cm³/mol. The van der Waals surface area contributed by atoms with E-state index in [9.17, 15) is 9.18 Å². The molecule has 0 saturated heterocycles. The highest BCUT2D eigenvalue weighted by molar-refractivity contribution is 5.96. The first-order valence-corrected chi connectivity index (χ1v) is 6.22. The van der Waals surface area contributed by atoms with E-state index in [1.54, 1.807) is 0 Å². The second-order valence-electron chi connectivity index (χ2n) is 4.05. The molecule has 0 spiro atoms. The summed E-state index contributed by atoms with van der Waals surface area (Å²) in [5.41, 5.74) is 5.88. The summed E-state index contributed by atoms with van der Waals surface area (Å²) >= 11 is 0. The van der Waals surface area contributed by atoms with Gasteiger partial charge in [-0.2, -0.15) is 4.98 Å². The van der Waals surface area contributed by atoms with Gasteiger partial charge in [0.2, 0.25) is 6.39 Å². The number of rotatable bonds is 4. The zero-order valence-electron chi connectivity index (χ0n) is 11.1. The van der Waals surface area contributed by atoms with Crippen molar-refractivity contribution in [3.05, 3.63) is 47.4 Å². The van der Waals surface area contributed by atoms with Crippen LogP contribution in [0.3, 0.4) is 0 Å². The van der Waals surface area contributed by atoms with Crippen LogP contribution in [0.15, 0.2) is 29.1 Å². The maximum Gasteiger partial charge on any atom is 0.252 e. The van der Waals surface area contributed by atoms with Crippen LogP contribution in [0.4, 0.5) is 4.39 Å². The minimum absolute atomic E-state index is 0.134. The quantitative estimate of drug-likeness (QED) is 0.799. The van der Waals surface area contributed by atoms with E-state index in [4.69, 9.17) is 5.73 Å². The van der Waals surface area contributed by atoms with Crippen LogP contribution >= 0.6 is 0 Å². The third kappa shape index (κ3) is 4.12. The van der Waals surface area contributed by atoms with Crippen molar-refractivity contribution >= 4 is 5.91 Å². The molecule has 3 N–H and O–H groups in total. The van der Waals surface area contributed by atoms with Crippen LogP contribution in [-0.2, 0) is 6.42 Å². The van der Waals surface area contributed by atoms with Crippen molar-refractivity contribution in [2.75, 3.05) is 13.1 Å². The molecular formula is C14H13FN4O2. The molecule has 0 bridgehead atoms. The first-order chi connectivity index (χ1) is 10.2. The zero-order valence-corrected chi connectivity index (χ0v) is 11.1. The molecule has 0 aliphatic heterocycles. The minimum Gasteiger partial charge on any atom is -0.352 e. The van der Waals surface area contributed by atoms with Gasteiger partial charge in [-0.25, -0.2) is 4.39 Å². The maximum absolute atomic E-state index is 13.2. The summed E-state index contributed by atoms with van der Waals surface area (Å²) in [5, 5.41) is 6.32. The number of halogens is 1. The molecule has 1 aromatic heterocycles. The highest BCUT2D eigenvalue weighted by atomic mass is 19.1. The van der Waals surface area contributed by atoms with Crippen molar-refractivity contribution in [2.45, 2.75) is 6.42 Å². The molecule has 2 aromatic rings. The number of nitrogens with two attached hydrogens (primary N) is 1. The third-order valence-electron chi connectivity index (χ3n) is 2.59. The summed E-state index contributed by atoms with van der Waals surface area (Å²) in [4.78, 5) is 15.9. The SMILES string of the molecule is NCC#Cc1cc(F)ccc1C(=O)NCCc1ncon1. The third-order valence-corrected chi connectivity index (χ3v) is 2.59. The van der Waals surface area contributed by atoms with Crippen LogP contribution in [0.1, 0.15) is 21.7 Å². The highest BCUT2D eigenvalue weighted by Crippen LogP contribution is 2.10. The molecular weight excluding hydrogens is 275 g/mol. The Morgan fingerprint density at radius 3 is 3.05 bits per heavy atom. The Kier molecular flexibility index (Phi) is 5.01. The van der Waals surface area contributed by atoms with E-state index in [0.29, 0.717) is 29.9 Å². The molecule has 6 nitrogen and oxygen atoms in total. The molecule has 0 unspecified atom stereocenters. The fourth-order valence-electron chi connectivity index (χ4n) is 1.65. The Morgan fingerprint density at radius 2 is 2.33 bits per heavy atom. The van der Waals surface area contributed by atoms with Gasteiger partial charge in [-0.15, -0.1) is 0 Å². The van der Waals surface area contributed by atoms with E-state index < -0.39 is 5.82 Å². The van der Waals surface area contributed by atoms with Gasteiger partial charge in [-0.1, -0.05) is 17.0 Å². The lowest BCUT2D eigenvalue weighted by atomic mass is 10.1. The second kappa shape index (κ2) is 7.17. The molecule has 1 aromatic carbocycles. The highest BCUT2D eigenvalue weighted by Gasteiger charge is 2.11. The van der Waals surface area contributed by atoms with E-state index in [1.807, 2.05) is 0 Å². The molecule has 21 heavy (non-hydrogen) atoms. The Morgan fingerprint density at radius 1 is 1.48 bits per heavy atom. The number of benzene rings is 1. The van der Waals surface area contributed by atoms with Crippen molar-refractivity contribution in [1.82, 2.24) is 15.5 Å². The largest absolute Gasteiger partial charge is 0.352 e. The molecule has 0 fully saturated rings. The van der Waals surface area contributed by atoms with E-state index in [-0.39, 0.29) is 12.5 Å². The second-order valence-corrected chi connectivity index (χ2v) is 4.05. The standard InChI is InChI=1S/C14H13FN4O2/c15-11-3-4-12(10(8-11)2-1-6-16)14(20)17-7-5-13-18-9-21-19-13/h3-4,8-9H,5-7,16H2,(H,17,20). The van der Waals surface area contributed by atoms with Crippen LogP contribution in [-0.4, -0.2) is 29.1 Å². The molecule has 0 aliphatic carbocycles. The normalized spacial score (nSPS) is 9.81. The van der Waals surface area contributed by atoms with Crippen LogP contribution in [0, 0.1) is 17.7 Å². The van der Waals surface area contributed by atoms with Gasteiger partial charge in [0.25, 0.3) is 5.91 Å². The van der Waals surface area contributed by atoms with Gasteiger partial charge in [0.1, 0.15) is 5.82 Å². The summed E-state index contributed by atoms with van der Waals surface area (Å²) in [7, 11) is 0. The molecule has 1 heterocycles. The number of amides is 1. The lowest BCUT2D eigenvalue weighted by Crippen LogP contribution is -2.26. The van der Waals surface area contributed by atoms with Gasteiger partial charge < -0.3 is 15.6 Å². The molecule has 0 aliphatic rings. The van der Waals surface area contributed by atoms with Crippen LogP contribution in [0.25, 0.3) is 0 Å². The maximum atomic E-state index is 13.2. The predicted octanol–water partition coefficient (Wildman–Crippen LogP) is 0.491. The molecule has 0 radical (unpaired) electrons. The van der Waals surface area contributed by atoms with Gasteiger partial charge in [-0.3, -0.25) is 4.79 Å². The van der Waals surface area contributed by atoms with E-state index in [0.717, 1.165) is 0 Å². The topological polar surface area (TPSA) is 94.0 Å². The Bertz CT molecular complexity index is 674. The zero-order chi connectivity index (χ0) is 15.1. The van der Waals surface area contributed by atoms with Crippen molar-refractivity contribution < 1.29 is 13.7 Å². The molecule has 0 atom stereocenters. The number of hydrogen-bond donors (Lipinski definition) is 2. The first-order valence-electron chi connectivity index (χ1n) is 6.22. The lowest BCUT2D eigenvalue weighted by molar-refractivity contribution is 0.0953. The van der Waals surface area contributed by atoms with Gasteiger partial charge in [-0.05, 0) is 18.2 Å². The van der Waals surface area contributed by atoms with E-state index in [2.05, 4.69) is 31.8 Å². The summed E-state index contributed by atoms with van der Waals surface area (Å²) in [6.07, 6.45) is 1.66. The molecule has 108 valence electrons. The minimum atomic E-state index is -0.459. The van der Waals surface area contributed by atoms with E-state index in [1.165, 1.54) is 24.6 Å². The van der Waals surface area contributed by atoms with Crippen molar-refractivity contribution in [2.24, 2.45) is 5.73 Å². The van der Waals surface area contributed by atoms with Crippen molar-refractivity contribution in [1.29, 1.82) is 0 Å². The van der Waals surface area contributed by atoms with Crippen molar-refractivity contribution in [3.8, 4) is 11.8 Å². The van der Waals surface area contributed by atoms with Gasteiger partial charge in [0, 0.05) is 18.5 Å². The number of nitrogens with zero attached hydrogens (tertiary/aromatic N) is 2. The van der Waals surface area contributed by atoms with Crippen molar-refractivity contribution in [3.63, 3.8) is 0 Å². The number of aromatic nitrogens is 2. The molecule has 2 rings (SSSR count). The molecule has 1 amide bonds. The lowest BCUT2D eigenvalue weighted by Gasteiger charge is -2.06. The van der Waals surface area contributed by atoms with Crippen LogP contribution < -0.4 is 11.1 Å². The summed E-state index contributed by atoms with van der Waals surface area (Å²) in [5.74, 6) is 4.98. The number of hydrogen-bond acceptors (Lipinski definition) is 5. The Balaban J connectivity index is 2.04. The number of carbonyl (C=O) groups excluding carboxylic acids is 1. The fraction of sp³-hybridized carbons (Fsp3) is 0.214. The molecule has 0 saturated carbocycles. The summed E-state index contributed by atoms with van der Waals surface area (Å²) in [6.45, 7) is 0.467. The monoisotopic (exact) mass is 288 g/mol. The summed E-state index contributed by atoms with van der Waals surface area (Å²) < 4.78 is 17.8. The molecule has 7 heteroatoms. The fourth-order valence-corrected chi connectivity index (χ4v) is 1.65. The van der Waals surface area contributed by atoms with Gasteiger partial charge >= 0.3 is 0 Å². The summed E-state index contributed by atoms with van der Waals surface area (Å²) in [6, 6.07) is 3.80. The smallest absolute Gasteiger partial charge is 0.252 e. The average molecular weight is 288 g/mol. The first kappa shape index (κ1) is 14.7. The van der Waals surface area contributed by atoms with Crippen LogP contribution in [0.2, 0.25) is 0 Å². The Hall–Kier alpha value is -2.72. The van der Waals surface area contributed by atoms with E-state index >= 15 is 0 Å². The number of carbonyl (C=O) groups is 1. The average Bonchev–Trinajstić information content (AvgIpc) is 2.98. The Labute approximate surface area is 120 Å². The number of nitrogens with one attached hydrogen (secondary N) is 1. The van der Waals surface area contributed by atoms with Gasteiger partial charge in [0.05, 0.1) is 12.1 Å². The van der Waals surface area contributed by atoms with Gasteiger partial charge in [0.15, 0.2) is 5.82 Å². The van der Waals surface area contributed by atoms with Crippen LogP contribution in [0.5, 0.6) is 0 Å².